The van der Waals surface area contributed by atoms with Crippen LogP contribution in [0.5, 0.6) is 0 Å². The maximum Gasteiger partial charge on any atom is 0.233 e. The Morgan fingerprint density at radius 3 is 2.58 bits per heavy atom. The Bertz CT molecular complexity index is 786. The summed E-state index contributed by atoms with van der Waals surface area (Å²) in [4.78, 5) is 15.5. The zero-order chi connectivity index (χ0) is 18.1. The Kier molecular flexibility index (Phi) is 4.76. The highest BCUT2D eigenvalue weighted by Crippen LogP contribution is 2.43. The van der Waals surface area contributed by atoms with Crippen molar-refractivity contribution in [3.63, 3.8) is 0 Å². The van der Waals surface area contributed by atoms with E-state index >= 15 is 0 Å². The van der Waals surface area contributed by atoms with Gasteiger partial charge in [0.25, 0.3) is 0 Å². The van der Waals surface area contributed by atoms with Crippen molar-refractivity contribution in [2.75, 3.05) is 26.2 Å². The number of aryl methyl sites for hydroxylation is 1. The van der Waals surface area contributed by atoms with E-state index in [4.69, 9.17) is 0 Å². The van der Waals surface area contributed by atoms with Gasteiger partial charge >= 0.3 is 0 Å². The Morgan fingerprint density at radius 2 is 1.85 bits per heavy atom. The average Bonchev–Trinajstić information content (AvgIpc) is 3.00. The van der Waals surface area contributed by atoms with Gasteiger partial charge in [0.1, 0.15) is 0 Å². The molecule has 5 nitrogen and oxygen atoms in total. The summed E-state index contributed by atoms with van der Waals surface area (Å²) in [6.07, 6.45) is 6.60. The predicted molar refractivity (Wildman–Crippen MR) is 103 cm³/mol. The van der Waals surface area contributed by atoms with E-state index < -0.39 is 11.5 Å². The van der Waals surface area contributed by atoms with Crippen molar-refractivity contribution in [2.45, 2.75) is 43.6 Å². The highest BCUT2D eigenvalue weighted by Gasteiger charge is 2.45. The number of aromatic nitrogens is 1. The Balaban J connectivity index is 1.80. The van der Waals surface area contributed by atoms with Crippen LogP contribution in [0.2, 0.25) is 0 Å². The van der Waals surface area contributed by atoms with E-state index in [0.29, 0.717) is 12.8 Å². The molecule has 0 spiro atoms. The SMILES string of the molecule is Cn1cc(C(C(=O)N2CCNCC2)C2(O)CCCCC2)c2ccccc21. The molecule has 1 saturated heterocycles. The Hall–Kier alpha value is -1.85. The zero-order valence-electron chi connectivity index (χ0n) is 15.6. The molecule has 0 radical (unpaired) electrons. The second-order valence-corrected chi connectivity index (χ2v) is 7.89. The van der Waals surface area contributed by atoms with E-state index in [9.17, 15) is 9.90 Å². The number of hydrogen-bond acceptors (Lipinski definition) is 3. The molecule has 140 valence electrons. The highest BCUT2D eigenvalue weighted by molar-refractivity contribution is 5.93. The van der Waals surface area contributed by atoms with Crippen LogP contribution in [0, 0.1) is 0 Å². The highest BCUT2D eigenvalue weighted by atomic mass is 16.3. The van der Waals surface area contributed by atoms with Crippen molar-refractivity contribution >= 4 is 16.8 Å². The standard InChI is InChI=1S/C21H29N3O2/c1-23-15-17(16-7-3-4-8-18(16)23)19(21(26)9-5-2-6-10-21)20(25)24-13-11-22-12-14-24/h3-4,7-8,15,19,22,26H,2,5-6,9-14H2,1H3. The number of carbonyl (C=O) groups excluding carboxylic acids is 1. The molecule has 2 heterocycles. The fourth-order valence-electron chi connectivity index (χ4n) is 4.78. The Morgan fingerprint density at radius 1 is 1.15 bits per heavy atom. The van der Waals surface area contributed by atoms with Crippen molar-refractivity contribution in [1.29, 1.82) is 0 Å². The molecule has 1 aromatic heterocycles. The van der Waals surface area contributed by atoms with Crippen LogP contribution < -0.4 is 5.32 Å². The van der Waals surface area contributed by atoms with Gasteiger partial charge in [-0.2, -0.15) is 0 Å². The minimum atomic E-state index is -0.940. The maximum absolute atomic E-state index is 13.6. The number of piperazine rings is 1. The smallest absolute Gasteiger partial charge is 0.233 e. The van der Waals surface area contributed by atoms with E-state index in [2.05, 4.69) is 28.2 Å². The molecule has 4 rings (SSSR count). The van der Waals surface area contributed by atoms with Gasteiger partial charge in [0, 0.05) is 50.3 Å². The lowest BCUT2D eigenvalue weighted by Crippen LogP contribution is -2.53. The van der Waals surface area contributed by atoms with Gasteiger partial charge in [-0.25, -0.2) is 0 Å². The minimum Gasteiger partial charge on any atom is -0.389 e. The third-order valence-corrected chi connectivity index (χ3v) is 6.17. The van der Waals surface area contributed by atoms with Crippen LogP contribution in [0.25, 0.3) is 10.9 Å². The molecule has 1 unspecified atom stereocenters. The molecule has 1 aliphatic carbocycles. The summed E-state index contributed by atoms with van der Waals surface area (Å²) >= 11 is 0. The molecule has 1 aromatic carbocycles. The quantitative estimate of drug-likeness (QED) is 0.889. The number of aliphatic hydroxyl groups is 1. The van der Waals surface area contributed by atoms with Gasteiger partial charge in [-0.1, -0.05) is 37.5 Å². The van der Waals surface area contributed by atoms with Crippen LogP contribution in [-0.2, 0) is 11.8 Å². The van der Waals surface area contributed by atoms with Crippen LogP contribution in [0.1, 0.15) is 43.6 Å². The molecular formula is C21H29N3O2. The third kappa shape index (κ3) is 3.03. The maximum atomic E-state index is 13.6. The molecule has 1 amide bonds. The van der Waals surface area contributed by atoms with Crippen LogP contribution in [0.3, 0.4) is 0 Å². The summed E-state index contributed by atoms with van der Waals surface area (Å²) in [5.74, 6) is -0.390. The van der Waals surface area contributed by atoms with E-state index in [1.807, 2.05) is 24.1 Å². The largest absolute Gasteiger partial charge is 0.389 e. The summed E-state index contributed by atoms with van der Waals surface area (Å²) < 4.78 is 2.08. The number of hydrogen-bond donors (Lipinski definition) is 2. The lowest BCUT2D eigenvalue weighted by molar-refractivity contribution is -0.142. The summed E-state index contributed by atoms with van der Waals surface area (Å²) in [5.41, 5.74) is 1.15. The second-order valence-electron chi connectivity index (χ2n) is 7.89. The van der Waals surface area contributed by atoms with Crippen LogP contribution in [0.15, 0.2) is 30.5 Å². The topological polar surface area (TPSA) is 57.5 Å². The number of fused-ring (bicyclic) bond motifs is 1. The molecule has 0 bridgehead atoms. The van der Waals surface area contributed by atoms with Crippen molar-refractivity contribution < 1.29 is 9.90 Å². The van der Waals surface area contributed by atoms with Crippen molar-refractivity contribution in [2.24, 2.45) is 7.05 Å². The fraction of sp³-hybridized carbons (Fsp3) is 0.571. The molecule has 2 aromatic rings. The molecule has 2 aliphatic rings. The number of amides is 1. The number of benzene rings is 1. The van der Waals surface area contributed by atoms with Gasteiger partial charge in [0.2, 0.25) is 5.91 Å². The summed E-state index contributed by atoms with van der Waals surface area (Å²) in [5, 5.41) is 16.0. The number of carbonyl (C=O) groups is 1. The summed E-state index contributed by atoms with van der Waals surface area (Å²) in [6, 6.07) is 8.20. The van der Waals surface area contributed by atoms with E-state index in [1.165, 1.54) is 0 Å². The van der Waals surface area contributed by atoms with E-state index in [0.717, 1.165) is 61.9 Å². The molecule has 1 atom stereocenters. The molecular weight excluding hydrogens is 326 g/mol. The van der Waals surface area contributed by atoms with Crippen molar-refractivity contribution in [1.82, 2.24) is 14.8 Å². The van der Waals surface area contributed by atoms with Gasteiger partial charge in [-0.15, -0.1) is 0 Å². The van der Waals surface area contributed by atoms with Gasteiger partial charge in [-0.05, 0) is 24.5 Å². The lowest BCUT2D eigenvalue weighted by Gasteiger charge is -2.41. The first-order valence-electron chi connectivity index (χ1n) is 9.86. The van der Waals surface area contributed by atoms with Gasteiger partial charge in [0.05, 0.1) is 11.5 Å². The molecule has 2 N–H and O–H groups in total. The molecule has 2 fully saturated rings. The average molecular weight is 355 g/mol. The van der Waals surface area contributed by atoms with Gasteiger partial charge < -0.3 is 19.9 Å². The fourth-order valence-corrected chi connectivity index (χ4v) is 4.78. The molecule has 5 heteroatoms. The van der Waals surface area contributed by atoms with Crippen molar-refractivity contribution in [3.05, 3.63) is 36.0 Å². The normalized spacial score (nSPS) is 21.7. The molecule has 1 aliphatic heterocycles. The van der Waals surface area contributed by atoms with E-state index in [1.54, 1.807) is 0 Å². The number of para-hydroxylation sites is 1. The number of nitrogens with zero attached hydrogens (tertiary/aromatic N) is 2. The number of nitrogens with one attached hydrogen (secondary N) is 1. The minimum absolute atomic E-state index is 0.0900. The van der Waals surface area contributed by atoms with E-state index in [-0.39, 0.29) is 5.91 Å². The molecule has 1 saturated carbocycles. The Labute approximate surface area is 155 Å². The van der Waals surface area contributed by atoms with Gasteiger partial charge in [0.15, 0.2) is 0 Å². The second kappa shape index (κ2) is 7.05. The van der Waals surface area contributed by atoms with Crippen LogP contribution >= 0.6 is 0 Å². The zero-order valence-corrected chi connectivity index (χ0v) is 15.6. The third-order valence-electron chi connectivity index (χ3n) is 6.17. The molecule has 26 heavy (non-hydrogen) atoms. The van der Waals surface area contributed by atoms with Crippen molar-refractivity contribution in [3.8, 4) is 0 Å². The van der Waals surface area contributed by atoms with Crippen LogP contribution in [0.4, 0.5) is 0 Å². The lowest BCUT2D eigenvalue weighted by atomic mass is 9.72. The van der Waals surface area contributed by atoms with Crippen LogP contribution in [-0.4, -0.2) is 52.3 Å². The first kappa shape index (κ1) is 17.6. The summed E-state index contributed by atoms with van der Waals surface area (Å²) in [7, 11) is 2.02. The predicted octanol–water partition coefficient (Wildman–Crippen LogP) is 2.39. The first-order chi connectivity index (χ1) is 12.6. The monoisotopic (exact) mass is 355 g/mol. The summed E-state index contributed by atoms with van der Waals surface area (Å²) in [6.45, 7) is 3.09. The van der Waals surface area contributed by atoms with Gasteiger partial charge in [-0.3, -0.25) is 4.79 Å². The first-order valence-corrected chi connectivity index (χ1v) is 9.86. The number of rotatable bonds is 3.